The van der Waals surface area contributed by atoms with Gasteiger partial charge in [0.1, 0.15) is 5.15 Å². The summed E-state index contributed by atoms with van der Waals surface area (Å²) in [4.78, 5) is 8.66. The van der Waals surface area contributed by atoms with Gasteiger partial charge in [0.25, 0.3) is 0 Å². The lowest BCUT2D eigenvalue weighted by Crippen LogP contribution is -1.94. The van der Waals surface area contributed by atoms with Gasteiger partial charge in [0.2, 0.25) is 0 Å². The maximum atomic E-state index is 13.5. The molecule has 6 heteroatoms. The molecule has 0 fully saturated rings. The molecule has 0 atom stereocenters. The van der Waals surface area contributed by atoms with Crippen molar-refractivity contribution in [2.24, 2.45) is 0 Å². The molecule has 3 aromatic rings. The summed E-state index contributed by atoms with van der Waals surface area (Å²) in [6.45, 7) is 0. The molecular formula is C15H9Cl2FN2O. The molecule has 3 rings (SSSR count). The smallest absolute Gasteiger partial charge is 0.165 e. The number of ether oxygens (including phenoxy) is 1. The van der Waals surface area contributed by atoms with E-state index in [9.17, 15) is 4.39 Å². The van der Waals surface area contributed by atoms with Crippen molar-refractivity contribution < 1.29 is 9.13 Å². The fraction of sp³-hybridized carbons (Fsp3) is 0.0667. The predicted octanol–water partition coefficient (Wildman–Crippen LogP) is 4.75. The molecule has 0 spiro atoms. The molecule has 1 aromatic heterocycles. The predicted molar refractivity (Wildman–Crippen MR) is 81.5 cm³/mol. The zero-order valence-corrected chi connectivity index (χ0v) is 12.4. The molecule has 0 radical (unpaired) electrons. The number of hydrogen-bond acceptors (Lipinski definition) is 3. The molecule has 0 N–H and O–H groups in total. The molecule has 0 aliphatic rings. The lowest BCUT2D eigenvalue weighted by molar-refractivity contribution is 0.387. The van der Waals surface area contributed by atoms with E-state index in [1.165, 1.54) is 19.2 Å². The number of fused-ring (bicyclic) bond motifs is 1. The van der Waals surface area contributed by atoms with Gasteiger partial charge in [0.05, 0.1) is 12.6 Å². The van der Waals surface area contributed by atoms with Crippen LogP contribution in [0.5, 0.6) is 5.75 Å². The lowest BCUT2D eigenvalue weighted by Gasteiger charge is -2.07. The molecule has 0 saturated heterocycles. The van der Waals surface area contributed by atoms with E-state index in [0.717, 1.165) is 0 Å². The fourth-order valence-corrected chi connectivity index (χ4v) is 2.39. The number of benzene rings is 2. The Hall–Kier alpha value is -1.91. The van der Waals surface area contributed by atoms with Gasteiger partial charge >= 0.3 is 0 Å². The van der Waals surface area contributed by atoms with Gasteiger partial charge in [-0.2, -0.15) is 0 Å². The number of halogens is 3. The van der Waals surface area contributed by atoms with Crippen LogP contribution in [0.15, 0.2) is 36.4 Å². The molecule has 106 valence electrons. The second kappa shape index (κ2) is 5.47. The van der Waals surface area contributed by atoms with Crippen molar-refractivity contribution in [2.45, 2.75) is 0 Å². The summed E-state index contributed by atoms with van der Waals surface area (Å²) in [7, 11) is 1.40. The van der Waals surface area contributed by atoms with Crippen LogP contribution in [0, 0.1) is 5.82 Å². The van der Waals surface area contributed by atoms with E-state index in [1.54, 1.807) is 24.3 Å². The molecule has 0 aliphatic carbocycles. The van der Waals surface area contributed by atoms with E-state index in [2.05, 4.69) is 9.97 Å². The number of rotatable bonds is 2. The Labute approximate surface area is 130 Å². The third-order valence-corrected chi connectivity index (χ3v) is 3.54. The normalized spacial score (nSPS) is 10.9. The highest BCUT2D eigenvalue weighted by molar-refractivity contribution is 6.35. The van der Waals surface area contributed by atoms with E-state index in [0.29, 0.717) is 32.5 Å². The summed E-state index contributed by atoms with van der Waals surface area (Å²) < 4.78 is 18.4. The third-order valence-electron chi connectivity index (χ3n) is 3.02. The van der Waals surface area contributed by atoms with Crippen molar-refractivity contribution in [2.75, 3.05) is 7.11 Å². The first-order chi connectivity index (χ1) is 10.1. The Bertz CT molecular complexity index is 839. The Morgan fingerprint density at radius 2 is 1.86 bits per heavy atom. The monoisotopic (exact) mass is 322 g/mol. The van der Waals surface area contributed by atoms with Crippen LogP contribution in [-0.4, -0.2) is 17.1 Å². The fourth-order valence-electron chi connectivity index (χ4n) is 1.99. The van der Waals surface area contributed by atoms with Gasteiger partial charge in [-0.25, -0.2) is 14.4 Å². The molecule has 0 amide bonds. The van der Waals surface area contributed by atoms with Crippen molar-refractivity contribution >= 4 is 34.1 Å². The van der Waals surface area contributed by atoms with Gasteiger partial charge in [0.15, 0.2) is 17.4 Å². The SMILES string of the molecule is COc1cc(-c2nc(Cl)c3cc(Cl)ccc3n2)ccc1F. The van der Waals surface area contributed by atoms with Gasteiger partial charge in [-0.3, -0.25) is 0 Å². The van der Waals surface area contributed by atoms with Gasteiger partial charge in [0, 0.05) is 16.0 Å². The van der Waals surface area contributed by atoms with Crippen LogP contribution in [0.1, 0.15) is 0 Å². The van der Waals surface area contributed by atoms with Crippen LogP contribution in [0.3, 0.4) is 0 Å². The van der Waals surface area contributed by atoms with Crippen LogP contribution in [0.2, 0.25) is 10.2 Å². The number of methoxy groups -OCH3 is 1. The Kier molecular flexibility index (Phi) is 3.66. The zero-order valence-electron chi connectivity index (χ0n) is 10.9. The van der Waals surface area contributed by atoms with E-state index in [4.69, 9.17) is 27.9 Å². The molecule has 2 aromatic carbocycles. The molecule has 0 saturated carbocycles. The molecule has 0 bridgehead atoms. The van der Waals surface area contributed by atoms with E-state index < -0.39 is 5.82 Å². The number of aromatic nitrogens is 2. The first-order valence-corrected chi connectivity index (χ1v) is 6.81. The Morgan fingerprint density at radius 1 is 1.05 bits per heavy atom. The molecule has 21 heavy (non-hydrogen) atoms. The Balaban J connectivity index is 2.19. The second-order valence-electron chi connectivity index (χ2n) is 4.35. The van der Waals surface area contributed by atoms with Gasteiger partial charge < -0.3 is 4.74 Å². The minimum atomic E-state index is -0.445. The average molecular weight is 323 g/mol. The largest absolute Gasteiger partial charge is 0.494 e. The van der Waals surface area contributed by atoms with Crippen LogP contribution in [-0.2, 0) is 0 Å². The van der Waals surface area contributed by atoms with Gasteiger partial charge in [-0.15, -0.1) is 0 Å². The summed E-state index contributed by atoms with van der Waals surface area (Å²) in [5, 5.41) is 1.52. The van der Waals surface area contributed by atoms with Crippen molar-refractivity contribution in [1.82, 2.24) is 9.97 Å². The average Bonchev–Trinajstić information content (AvgIpc) is 2.48. The van der Waals surface area contributed by atoms with Crippen molar-refractivity contribution in [3.8, 4) is 17.1 Å². The summed E-state index contributed by atoms with van der Waals surface area (Å²) in [6.07, 6.45) is 0. The third kappa shape index (κ3) is 2.64. The molecule has 0 unspecified atom stereocenters. The first-order valence-electron chi connectivity index (χ1n) is 6.05. The highest BCUT2D eigenvalue weighted by Gasteiger charge is 2.11. The van der Waals surface area contributed by atoms with E-state index in [-0.39, 0.29) is 5.75 Å². The van der Waals surface area contributed by atoms with E-state index >= 15 is 0 Å². The second-order valence-corrected chi connectivity index (χ2v) is 5.14. The molecular weight excluding hydrogens is 314 g/mol. The molecule has 3 nitrogen and oxygen atoms in total. The minimum Gasteiger partial charge on any atom is -0.494 e. The van der Waals surface area contributed by atoms with Gasteiger partial charge in [-0.05, 0) is 36.4 Å². The maximum absolute atomic E-state index is 13.5. The summed E-state index contributed by atoms with van der Waals surface area (Å²) in [5.74, 6) is 0.0801. The van der Waals surface area contributed by atoms with Crippen LogP contribution < -0.4 is 4.74 Å². The maximum Gasteiger partial charge on any atom is 0.165 e. The first kappa shape index (κ1) is 14.0. The minimum absolute atomic E-state index is 0.128. The summed E-state index contributed by atoms with van der Waals surface area (Å²) in [5.41, 5.74) is 1.28. The van der Waals surface area contributed by atoms with Crippen LogP contribution in [0.25, 0.3) is 22.3 Å². The van der Waals surface area contributed by atoms with Crippen molar-refractivity contribution in [3.63, 3.8) is 0 Å². The Morgan fingerprint density at radius 3 is 2.62 bits per heavy atom. The molecule has 1 heterocycles. The van der Waals surface area contributed by atoms with Crippen molar-refractivity contribution in [1.29, 1.82) is 0 Å². The highest BCUT2D eigenvalue weighted by Crippen LogP contribution is 2.29. The zero-order chi connectivity index (χ0) is 15.0. The summed E-state index contributed by atoms with van der Waals surface area (Å²) >= 11 is 12.1. The summed E-state index contributed by atoms with van der Waals surface area (Å²) in [6, 6.07) is 9.59. The molecule has 0 aliphatic heterocycles. The van der Waals surface area contributed by atoms with Crippen LogP contribution in [0.4, 0.5) is 4.39 Å². The quantitative estimate of drug-likeness (QED) is 0.638. The van der Waals surface area contributed by atoms with E-state index in [1.807, 2.05) is 0 Å². The number of hydrogen-bond donors (Lipinski definition) is 0. The van der Waals surface area contributed by atoms with Crippen molar-refractivity contribution in [3.05, 3.63) is 52.4 Å². The number of nitrogens with zero attached hydrogens (tertiary/aromatic N) is 2. The van der Waals surface area contributed by atoms with Crippen LogP contribution >= 0.6 is 23.2 Å². The topological polar surface area (TPSA) is 35.0 Å². The highest BCUT2D eigenvalue weighted by atomic mass is 35.5. The van der Waals surface area contributed by atoms with Gasteiger partial charge in [-0.1, -0.05) is 23.2 Å². The lowest BCUT2D eigenvalue weighted by atomic mass is 10.1. The standard InChI is InChI=1S/C15H9Cl2FN2O/c1-21-13-6-8(2-4-11(13)18)15-19-12-5-3-9(16)7-10(12)14(17)20-15/h2-7H,1H3.